The highest BCUT2D eigenvalue weighted by atomic mass is 32.1. The minimum absolute atomic E-state index is 0.0303. The minimum Gasteiger partial charge on any atom is -0.279 e. The Balaban J connectivity index is 1.79. The summed E-state index contributed by atoms with van der Waals surface area (Å²) in [4.78, 5) is 20.0. The van der Waals surface area contributed by atoms with E-state index in [4.69, 9.17) is 4.98 Å². The number of nitrogens with zero attached hydrogens (tertiary/aromatic N) is 2. The molecule has 0 N–H and O–H groups in total. The van der Waals surface area contributed by atoms with Crippen LogP contribution in [-0.2, 0) is 6.54 Å². The molecular formula is C24H22N2OS. The van der Waals surface area contributed by atoms with Crippen molar-refractivity contribution < 1.29 is 4.79 Å². The van der Waals surface area contributed by atoms with Gasteiger partial charge < -0.3 is 0 Å². The third-order valence-corrected chi connectivity index (χ3v) is 6.08. The third kappa shape index (κ3) is 3.56. The summed E-state index contributed by atoms with van der Waals surface area (Å²) in [5.74, 6) is -0.0303. The molecule has 0 saturated heterocycles. The molecule has 0 aliphatic heterocycles. The van der Waals surface area contributed by atoms with Gasteiger partial charge in [-0.25, -0.2) is 4.98 Å². The Morgan fingerprint density at radius 1 is 0.929 bits per heavy atom. The standard InChI is InChI=1S/C24H22N2OS/c1-16-9-12-20(13-10-16)23(27)26(15-19-7-5-4-6-8-19)24-25-22-18(3)17(2)11-14-21(22)28-24/h4-14H,15H2,1-3H3. The molecule has 0 atom stereocenters. The SMILES string of the molecule is Cc1ccc(C(=O)N(Cc2ccccc2)c2nc3c(C)c(C)ccc3s2)cc1. The van der Waals surface area contributed by atoms with Crippen LogP contribution >= 0.6 is 11.3 Å². The highest BCUT2D eigenvalue weighted by molar-refractivity contribution is 7.22. The van der Waals surface area contributed by atoms with E-state index in [1.165, 1.54) is 11.1 Å². The second kappa shape index (κ2) is 7.56. The Kier molecular flexibility index (Phi) is 4.97. The smallest absolute Gasteiger partial charge is 0.260 e. The van der Waals surface area contributed by atoms with Crippen molar-refractivity contribution in [1.82, 2.24) is 4.98 Å². The first kappa shape index (κ1) is 18.4. The Labute approximate surface area is 169 Å². The fourth-order valence-electron chi connectivity index (χ4n) is 3.17. The summed E-state index contributed by atoms with van der Waals surface area (Å²) in [6.45, 7) is 6.69. The maximum absolute atomic E-state index is 13.4. The van der Waals surface area contributed by atoms with Gasteiger partial charge in [0.2, 0.25) is 0 Å². The number of rotatable bonds is 4. The first-order chi connectivity index (χ1) is 13.5. The van der Waals surface area contributed by atoms with E-state index in [0.29, 0.717) is 12.1 Å². The number of fused-ring (bicyclic) bond motifs is 1. The van der Waals surface area contributed by atoms with Crippen LogP contribution in [0.4, 0.5) is 5.13 Å². The topological polar surface area (TPSA) is 33.2 Å². The van der Waals surface area contributed by atoms with Crippen molar-refractivity contribution in [2.24, 2.45) is 0 Å². The highest BCUT2D eigenvalue weighted by Crippen LogP contribution is 2.33. The predicted molar refractivity (Wildman–Crippen MR) is 117 cm³/mol. The number of hydrogen-bond donors (Lipinski definition) is 0. The first-order valence-electron chi connectivity index (χ1n) is 9.32. The molecule has 0 radical (unpaired) electrons. The van der Waals surface area contributed by atoms with E-state index in [0.717, 1.165) is 26.5 Å². The quantitative estimate of drug-likeness (QED) is 0.426. The van der Waals surface area contributed by atoms with E-state index >= 15 is 0 Å². The van der Waals surface area contributed by atoms with Crippen LogP contribution in [0.15, 0.2) is 66.7 Å². The van der Waals surface area contributed by atoms with Crippen molar-refractivity contribution in [2.45, 2.75) is 27.3 Å². The summed E-state index contributed by atoms with van der Waals surface area (Å²) in [7, 11) is 0. The van der Waals surface area contributed by atoms with Gasteiger partial charge in [0.1, 0.15) is 0 Å². The lowest BCUT2D eigenvalue weighted by atomic mass is 10.1. The van der Waals surface area contributed by atoms with Gasteiger partial charge in [0, 0.05) is 5.56 Å². The average Bonchev–Trinajstić information content (AvgIpc) is 3.15. The van der Waals surface area contributed by atoms with Crippen molar-refractivity contribution in [2.75, 3.05) is 4.90 Å². The lowest BCUT2D eigenvalue weighted by Crippen LogP contribution is -2.30. The molecule has 1 aromatic heterocycles. The lowest BCUT2D eigenvalue weighted by molar-refractivity contribution is 0.0985. The molecule has 0 aliphatic rings. The van der Waals surface area contributed by atoms with Crippen LogP contribution in [0.25, 0.3) is 10.2 Å². The van der Waals surface area contributed by atoms with Crippen molar-refractivity contribution in [3.63, 3.8) is 0 Å². The molecule has 4 aromatic rings. The van der Waals surface area contributed by atoms with Gasteiger partial charge in [0.05, 0.1) is 16.8 Å². The molecule has 4 rings (SSSR count). The summed E-state index contributed by atoms with van der Waals surface area (Å²) >= 11 is 1.57. The van der Waals surface area contributed by atoms with E-state index in [1.807, 2.05) is 61.5 Å². The lowest BCUT2D eigenvalue weighted by Gasteiger charge is -2.20. The molecule has 4 heteroatoms. The van der Waals surface area contributed by atoms with Gasteiger partial charge in [0.25, 0.3) is 5.91 Å². The van der Waals surface area contributed by atoms with Gasteiger partial charge in [-0.2, -0.15) is 0 Å². The summed E-state index contributed by atoms with van der Waals surface area (Å²) < 4.78 is 1.10. The van der Waals surface area contributed by atoms with Crippen LogP contribution in [0.3, 0.4) is 0 Å². The molecular weight excluding hydrogens is 364 g/mol. The van der Waals surface area contributed by atoms with Crippen LogP contribution in [0.5, 0.6) is 0 Å². The largest absolute Gasteiger partial charge is 0.279 e. The minimum atomic E-state index is -0.0303. The Morgan fingerprint density at radius 2 is 1.64 bits per heavy atom. The number of carbonyl (C=O) groups excluding carboxylic acids is 1. The number of hydrogen-bond acceptors (Lipinski definition) is 3. The molecule has 0 unspecified atom stereocenters. The maximum atomic E-state index is 13.4. The van der Waals surface area contributed by atoms with Gasteiger partial charge >= 0.3 is 0 Å². The molecule has 28 heavy (non-hydrogen) atoms. The number of thiazole rings is 1. The molecule has 0 spiro atoms. The first-order valence-corrected chi connectivity index (χ1v) is 10.1. The van der Waals surface area contributed by atoms with Crippen molar-refractivity contribution in [3.8, 4) is 0 Å². The van der Waals surface area contributed by atoms with Crippen LogP contribution in [0, 0.1) is 20.8 Å². The zero-order valence-corrected chi connectivity index (χ0v) is 17.1. The number of aromatic nitrogens is 1. The van der Waals surface area contributed by atoms with Crippen molar-refractivity contribution >= 4 is 32.6 Å². The number of anilines is 1. The van der Waals surface area contributed by atoms with Crippen molar-refractivity contribution in [1.29, 1.82) is 0 Å². The molecule has 140 valence electrons. The maximum Gasteiger partial charge on any atom is 0.260 e. The normalized spacial score (nSPS) is 11.0. The fraction of sp³-hybridized carbons (Fsp3) is 0.167. The number of aryl methyl sites for hydroxylation is 3. The summed E-state index contributed by atoms with van der Waals surface area (Å²) in [5.41, 5.74) is 6.25. The van der Waals surface area contributed by atoms with Gasteiger partial charge in [0.15, 0.2) is 5.13 Å². The molecule has 1 heterocycles. The summed E-state index contributed by atoms with van der Waals surface area (Å²) in [6.07, 6.45) is 0. The van der Waals surface area contributed by atoms with Gasteiger partial charge in [-0.05, 0) is 55.7 Å². The van der Waals surface area contributed by atoms with E-state index in [1.54, 1.807) is 16.2 Å². The zero-order valence-electron chi connectivity index (χ0n) is 16.3. The molecule has 1 amide bonds. The molecule has 0 saturated carbocycles. The Bertz CT molecular complexity index is 1130. The van der Waals surface area contributed by atoms with E-state index in [9.17, 15) is 4.79 Å². The average molecular weight is 387 g/mol. The Hall–Kier alpha value is -2.98. The number of amides is 1. The molecule has 0 fully saturated rings. The fourth-order valence-corrected chi connectivity index (χ4v) is 4.20. The van der Waals surface area contributed by atoms with E-state index in [-0.39, 0.29) is 5.91 Å². The predicted octanol–water partition coefficient (Wildman–Crippen LogP) is 6.07. The van der Waals surface area contributed by atoms with Crippen LogP contribution in [0.2, 0.25) is 0 Å². The molecule has 0 aliphatic carbocycles. The van der Waals surface area contributed by atoms with Crippen LogP contribution < -0.4 is 4.90 Å². The summed E-state index contributed by atoms with van der Waals surface area (Å²) in [6, 6.07) is 22.0. The molecule has 3 nitrogen and oxygen atoms in total. The van der Waals surface area contributed by atoms with Gasteiger partial charge in [-0.3, -0.25) is 9.69 Å². The number of benzene rings is 3. The highest BCUT2D eigenvalue weighted by Gasteiger charge is 2.22. The Morgan fingerprint density at radius 3 is 2.36 bits per heavy atom. The van der Waals surface area contributed by atoms with E-state index < -0.39 is 0 Å². The summed E-state index contributed by atoms with van der Waals surface area (Å²) in [5, 5.41) is 0.734. The molecule has 3 aromatic carbocycles. The van der Waals surface area contributed by atoms with Gasteiger partial charge in [-0.15, -0.1) is 0 Å². The third-order valence-electron chi connectivity index (χ3n) is 5.03. The second-order valence-electron chi connectivity index (χ2n) is 7.09. The van der Waals surface area contributed by atoms with Crippen LogP contribution in [0.1, 0.15) is 32.6 Å². The molecule has 0 bridgehead atoms. The van der Waals surface area contributed by atoms with E-state index in [2.05, 4.69) is 26.0 Å². The van der Waals surface area contributed by atoms with Crippen molar-refractivity contribution in [3.05, 3.63) is 94.5 Å². The second-order valence-corrected chi connectivity index (χ2v) is 8.10. The number of carbonyl (C=O) groups is 1. The zero-order chi connectivity index (χ0) is 19.7. The monoisotopic (exact) mass is 386 g/mol. The van der Waals surface area contributed by atoms with Gasteiger partial charge in [-0.1, -0.05) is 65.4 Å². The van der Waals surface area contributed by atoms with Crippen LogP contribution in [-0.4, -0.2) is 10.9 Å².